The molecule has 0 spiro atoms. The molecule has 8 atom stereocenters. The average molecular weight is 548 g/mol. The largest absolute Gasteiger partial charge is 0.282 e. The minimum atomic E-state index is -1.81. The number of carbonyl (C=O) groups is 1. The molecule has 4 rings (SSSR count). The Hall–Kier alpha value is 0.630. The zero-order chi connectivity index (χ0) is 24.9. The molecule has 3 fully saturated rings. The van der Waals surface area contributed by atoms with Crippen molar-refractivity contribution in [2.75, 3.05) is 0 Å². The van der Waals surface area contributed by atoms with Gasteiger partial charge in [0, 0.05) is 5.25 Å². The molecule has 0 saturated heterocycles. The van der Waals surface area contributed by atoms with Crippen LogP contribution in [0, 0.1) is 46.3 Å². The Morgan fingerprint density at radius 2 is 1.79 bits per heavy atom. The molecule has 0 aromatic carbocycles. The van der Waals surface area contributed by atoms with E-state index in [0.29, 0.717) is 10.8 Å². The third kappa shape index (κ3) is 5.28. The molecule has 0 radical (unpaired) electrons. The molecule has 0 aromatic rings. The van der Waals surface area contributed by atoms with Crippen LogP contribution in [-0.2, 0) is 4.79 Å². The van der Waals surface area contributed by atoms with Gasteiger partial charge in [0.05, 0.1) is 0 Å². The fraction of sp³-hybridized carbons (Fsp3) is 0.897. The molecule has 1 nitrogen and oxygen atoms in total. The van der Waals surface area contributed by atoms with Crippen LogP contribution in [-0.4, -0.2) is 14.2 Å². The van der Waals surface area contributed by atoms with Crippen LogP contribution in [0.4, 0.5) is 0 Å². The first-order valence-corrected chi connectivity index (χ1v) is 15.8. The van der Waals surface area contributed by atoms with E-state index in [-0.39, 0.29) is 10.4 Å². The Labute approximate surface area is 227 Å². The molecular weight excluding hydrogens is 503 g/mol. The zero-order valence-electron chi connectivity index (χ0n) is 21.8. The van der Waals surface area contributed by atoms with Gasteiger partial charge in [0.15, 0.2) is 0 Å². The summed E-state index contributed by atoms with van der Waals surface area (Å²) in [5, 5.41) is -0.0799. The van der Waals surface area contributed by atoms with Crippen molar-refractivity contribution < 1.29 is 4.79 Å². The normalized spacial score (nSPS) is 40.9. The van der Waals surface area contributed by atoms with E-state index in [1.807, 2.05) is 0 Å². The molecule has 4 aliphatic rings. The molecule has 3 saturated carbocycles. The van der Waals surface area contributed by atoms with Gasteiger partial charge in [-0.1, -0.05) is 112 Å². The summed E-state index contributed by atoms with van der Waals surface area (Å²) < 4.78 is -1.81. The Morgan fingerprint density at radius 3 is 2.47 bits per heavy atom. The highest BCUT2D eigenvalue weighted by Gasteiger charge is 2.59. The first-order chi connectivity index (χ1) is 15.9. The van der Waals surface area contributed by atoms with E-state index in [1.54, 1.807) is 5.57 Å². The van der Waals surface area contributed by atoms with Gasteiger partial charge in [-0.2, -0.15) is 0 Å². The van der Waals surface area contributed by atoms with Crippen molar-refractivity contribution in [3.05, 3.63) is 11.6 Å². The second-order valence-corrected chi connectivity index (χ2v) is 16.6. The lowest BCUT2D eigenvalue weighted by Gasteiger charge is -2.58. The predicted molar refractivity (Wildman–Crippen MR) is 150 cm³/mol. The maximum absolute atomic E-state index is 12.3. The van der Waals surface area contributed by atoms with Crippen molar-refractivity contribution in [2.45, 2.75) is 114 Å². The van der Waals surface area contributed by atoms with Crippen LogP contribution in [0.25, 0.3) is 0 Å². The zero-order valence-corrected chi connectivity index (χ0v) is 24.9. The van der Waals surface area contributed by atoms with E-state index in [2.05, 4.69) is 40.7 Å². The SMILES string of the molecule is CC(C)CCC[C@H](C)[C@H]1CC[C@H]2[C@@H]3CC=C4C[C@@H](SC(=O)C(Cl)(Cl)Cl)CC[C@]4(C)[C@H]3CC[C@]12C. The number of allylic oxidation sites excluding steroid dienone is 2. The fourth-order valence-corrected chi connectivity index (χ4v) is 10.3. The Balaban J connectivity index is 1.44. The van der Waals surface area contributed by atoms with E-state index in [9.17, 15) is 4.79 Å². The van der Waals surface area contributed by atoms with Crippen molar-refractivity contribution in [3.8, 4) is 0 Å². The number of rotatable bonds is 6. The summed E-state index contributed by atoms with van der Waals surface area (Å²) >= 11 is 18.8. The smallest absolute Gasteiger partial charge is 0.259 e. The van der Waals surface area contributed by atoms with Gasteiger partial charge in [-0.15, -0.1) is 0 Å². The lowest BCUT2D eigenvalue weighted by molar-refractivity contribution is -0.110. The molecule has 0 unspecified atom stereocenters. The van der Waals surface area contributed by atoms with Crippen LogP contribution in [0.1, 0.15) is 105 Å². The van der Waals surface area contributed by atoms with Crippen LogP contribution in [0.3, 0.4) is 0 Å². The molecule has 0 amide bonds. The predicted octanol–water partition coefficient (Wildman–Crippen LogP) is 10.0. The van der Waals surface area contributed by atoms with E-state index in [1.165, 1.54) is 69.5 Å². The van der Waals surface area contributed by atoms with Gasteiger partial charge >= 0.3 is 0 Å². The first-order valence-electron chi connectivity index (χ1n) is 13.8. The quantitative estimate of drug-likeness (QED) is 0.243. The van der Waals surface area contributed by atoms with E-state index >= 15 is 0 Å². The van der Waals surface area contributed by atoms with Crippen molar-refractivity contribution in [3.63, 3.8) is 0 Å². The van der Waals surface area contributed by atoms with Crippen molar-refractivity contribution in [1.29, 1.82) is 0 Å². The monoisotopic (exact) mass is 546 g/mol. The van der Waals surface area contributed by atoms with Gasteiger partial charge in [0.1, 0.15) is 0 Å². The molecule has 0 bridgehead atoms. The molecule has 34 heavy (non-hydrogen) atoms. The standard InChI is InChI=1S/C29H45Cl3OS/c1-18(2)7-6-8-19(3)23-11-12-24-22-10-9-20-17-21(34-26(33)29(30,31)32)13-15-27(20,4)25(22)14-16-28(23,24)5/h9,18-19,21-25H,6-8,10-17H2,1-5H3/t19-,21-,22-,23+,24-,25-,27-,28+/m0/s1. The van der Waals surface area contributed by atoms with Crippen molar-refractivity contribution in [2.24, 2.45) is 46.3 Å². The highest BCUT2D eigenvalue weighted by molar-refractivity contribution is 8.14. The Bertz CT molecular complexity index is 789. The van der Waals surface area contributed by atoms with Crippen molar-refractivity contribution in [1.82, 2.24) is 0 Å². The van der Waals surface area contributed by atoms with Crippen LogP contribution >= 0.6 is 46.6 Å². The lowest BCUT2D eigenvalue weighted by atomic mass is 9.47. The summed E-state index contributed by atoms with van der Waals surface area (Å²) in [4.78, 5) is 12.3. The van der Waals surface area contributed by atoms with Crippen molar-refractivity contribution >= 4 is 51.7 Å². The fourth-order valence-electron chi connectivity index (χ4n) is 8.97. The summed E-state index contributed by atoms with van der Waals surface area (Å²) in [5.74, 6) is 5.12. The first kappa shape index (κ1) is 27.7. The summed E-state index contributed by atoms with van der Waals surface area (Å²) in [6.07, 6.45) is 16.9. The number of halogens is 3. The molecule has 194 valence electrons. The summed E-state index contributed by atoms with van der Waals surface area (Å²) in [5.41, 5.74) is 2.42. The minimum Gasteiger partial charge on any atom is -0.282 e. The van der Waals surface area contributed by atoms with Crippen LogP contribution in [0.5, 0.6) is 0 Å². The second-order valence-electron chi connectivity index (χ2n) is 13.1. The van der Waals surface area contributed by atoms with Gasteiger partial charge < -0.3 is 0 Å². The number of alkyl halides is 3. The molecule has 5 heteroatoms. The second kappa shape index (κ2) is 10.4. The highest BCUT2D eigenvalue weighted by atomic mass is 35.6. The summed E-state index contributed by atoms with van der Waals surface area (Å²) in [6, 6.07) is 0. The molecule has 4 aliphatic carbocycles. The number of hydrogen-bond donors (Lipinski definition) is 0. The Morgan fingerprint density at radius 1 is 1.06 bits per heavy atom. The van der Waals surface area contributed by atoms with E-state index in [4.69, 9.17) is 34.8 Å². The highest BCUT2D eigenvalue weighted by Crippen LogP contribution is 2.67. The maximum atomic E-state index is 12.3. The number of thioether (sulfide) groups is 1. The number of carbonyl (C=O) groups excluding carboxylic acids is 1. The molecule has 0 aliphatic heterocycles. The topological polar surface area (TPSA) is 17.1 Å². The number of hydrogen-bond acceptors (Lipinski definition) is 2. The maximum Gasteiger partial charge on any atom is 0.259 e. The van der Waals surface area contributed by atoms with Crippen LogP contribution in [0.2, 0.25) is 0 Å². The third-order valence-corrected chi connectivity index (χ3v) is 12.9. The third-order valence-electron chi connectivity index (χ3n) is 10.8. The van der Waals surface area contributed by atoms with Crippen LogP contribution < -0.4 is 0 Å². The number of fused-ring (bicyclic) bond motifs is 5. The Kier molecular flexibility index (Phi) is 8.47. The van der Waals surface area contributed by atoms with Crippen LogP contribution in [0.15, 0.2) is 11.6 Å². The molecular formula is C29H45Cl3OS. The van der Waals surface area contributed by atoms with Gasteiger partial charge in [-0.25, -0.2) is 0 Å². The van der Waals surface area contributed by atoms with E-state index in [0.717, 1.165) is 48.3 Å². The minimum absolute atomic E-state index is 0.246. The molecule has 0 N–H and O–H groups in total. The summed E-state index contributed by atoms with van der Waals surface area (Å²) in [7, 11) is 0. The van der Waals surface area contributed by atoms with Gasteiger partial charge in [0.25, 0.3) is 3.79 Å². The summed E-state index contributed by atoms with van der Waals surface area (Å²) in [6.45, 7) is 12.5. The molecule has 0 aromatic heterocycles. The van der Waals surface area contributed by atoms with E-state index < -0.39 is 3.79 Å². The van der Waals surface area contributed by atoms with Gasteiger partial charge in [-0.3, -0.25) is 4.79 Å². The molecule has 0 heterocycles. The lowest BCUT2D eigenvalue weighted by Crippen LogP contribution is -2.50. The average Bonchev–Trinajstić information content (AvgIpc) is 3.10. The van der Waals surface area contributed by atoms with Gasteiger partial charge in [-0.05, 0) is 97.7 Å². The van der Waals surface area contributed by atoms with Gasteiger partial charge in [0.2, 0.25) is 5.12 Å².